The van der Waals surface area contributed by atoms with Crippen molar-refractivity contribution in [3.8, 4) is 0 Å². The molecule has 1 spiro atoms. The van der Waals surface area contributed by atoms with E-state index in [0.29, 0.717) is 5.92 Å². The quantitative estimate of drug-likeness (QED) is 0.490. The third kappa shape index (κ3) is 7.12. The lowest BCUT2D eigenvalue weighted by molar-refractivity contribution is -0.0193. The van der Waals surface area contributed by atoms with Gasteiger partial charge in [0, 0.05) is 12.1 Å². The zero-order chi connectivity index (χ0) is 21.7. The van der Waals surface area contributed by atoms with Gasteiger partial charge in [-0.2, -0.15) is 8.42 Å². The molecule has 1 aliphatic carbocycles. The van der Waals surface area contributed by atoms with E-state index in [9.17, 15) is 13.2 Å². The molecular formula is C22H41NO5S. The third-order valence-electron chi connectivity index (χ3n) is 6.34. The molecule has 2 rings (SSSR count). The van der Waals surface area contributed by atoms with Gasteiger partial charge in [-0.15, -0.1) is 0 Å². The molecule has 0 aromatic heterocycles. The Kier molecular flexibility index (Phi) is 8.42. The van der Waals surface area contributed by atoms with Crippen molar-refractivity contribution in [2.75, 3.05) is 12.8 Å². The highest BCUT2D eigenvalue weighted by molar-refractivity contribution is 7.86. The van der Waals surface area contributed by atoms with E-state index in [1.54, 1.807) is 0 Å². The van der Waals surface area contributed by atoms with Gasteiger partial charge in [0.15, 0.2) is 0 Å². The van der Waals surface area contributed by atoms with Crippen molar-refractivity contribution in [3.05, 3.63) is 0 Å². The van der Waals surface area contributed by atoms with E-state index in [-0.39, 0.29) is 17.7 Å². The molecule has 170 valence electrons. The molecule has 0 aromatic carbocycles. The van der Waals surface area contributed by atoms with Gasteiger partial charge in [-0.1, -0.05) is 32.6 Å². The van der Waals surface area contributed by atoms with Crippen LogP contribution in [-0.4, -0.2) is 49.5 Å². The predicted molar refractivity (Wildman–Crippen MR) is 115 cm³/mol. The highest BCUT2D eigenvalue weighted by Crippen LogP contribution is 2.48. The van der Waals surface area contributed by atoms with Crippen LogP contribution in [-0.2, 0) is 19.0 Å². The number of ether oxygens (including phenoxy) is 1. The molecule has 3 atom stereocenters. The molecule has 0 bridgehead atoms. The molecule has 1 amide bonds. The fourth-order valence-electron chi connectivity index (χ4n) is 5.19. The average molecular weight is 432 g/mol. The fraction of sp³-hybridized carbons (Fsp3) is 0.955. The summed E-state index contributed by atoms with van der Waals surface area (Å²) in [7, 11) is -3.46. The molecule has 0 aromatic rings. The van der Waals surface area contributed by atoms with E-state index >= 15 is 0 Å². The topological polar surface area (TPSA) is 72.9 Å². The minimum Gasteiger partial charge on any atom is -0.444 e. The van der Waals surface area contributed by atoms with Gasteiger partial charge < -0.3 is 9.64 Å². The van der Waals surface area contributed by atoms with Crippen molar-refractivity contribution in [2.24, 2.45) is 5.92 Å². The molecule has 29 heavy (non-hydrogen) atoms. The molecule has 0 N–H and O–H groups in total. The summed E-state index contributed by atoms with van der Waals surface area (Å²) in [5.41, 5.74) is -0.638. The predicted octanol–water partition coefficient (Wildman–Crippen LogP) is 5.26. The van der Waals surface area contributed by atoms with Crippen LogP contribution in [0.4, 0.5) is 4.79 Å². The van der Waals surface area contributed by atoms with Crippen molar-refractivity contribution in [3.63, 3.8) is 0 Å². The first kappa shape index (κ1) is 24.4. The number of carbonyl (C=O) groups excluding carboxylic acids is 1. The summed E-state index contributed by atoms with van der Waals surface area (Å²) < 4.78 is 34.5. The Morgan fingerprint density at radius 1 is 1.17 bits per heavy atom. The van der Waals surface area contributed by atoms with Crippen molar-refractivity contribution >= 4 is 16.2 Å². The molecule has 0 radical (unpaired) electrons. The van der Waals surface area contributed by atoms with Gasteiger partial charge in [0.05, 0.1) is 12.4 Å². The van der Waals surface area contributed by atoms with E-state index in [1.165, 1.54) is 6.42 Å². The third-order valence-corrected chi connectivity index (χ3v) is 6.96. The SMILES string of the molecule is CCCC[C@@H](CC[C@@H]1CCCC[C@]12CCCN2C(=O)OC(C)(C)C)OS(C)(=O)=O. The Bertz CT molecular complexity index is 642. The number of rotatable bonds is 8. The van der Waals surface area contributed by atoms with Crippen molar-refractivity contribution in [1.29, 1.82) is 0 Å². The fourth-order valence-corrected chi connectivity index (χ4v) is 5.88. The van der Waals surface area contributed by atoms with E-state index < -0.39 is 15.7 Å². The normalized spacial score (nSPS) is 26.7. The summed E-state index contributed by atoms with van der Waals surface area (Å²) >= 11 is 0. The highest BCUT2D eigenvalue weighted by atomic mass is 32.2. The smallest absolute Gasteiger partial charge is 0.410 e. The van der Waals surface area contributed by atoms with Crippen LogP contribution in [0.25, 0.3) is 0 Å². The van der Waals surface area contributed by atoms with Crippen LogP contribution in [0.5, 0.6) is 0 Å². The van der Waals surface area contributed by atoms with Crippen LogP contribution in [0.15, 0.2) is 0 Å². The van der Waals surface area contributed by atoms with Crippen LogP contribution < -0.4 is 0 Å². The van der Waals surface area contributed by atoms with Crippen molar-refractivity contribution in [2.45, 2.75) is 116 Å². The van der Waals surface area contributed by atoms with E-state index in [2.05, 4.69) is 6.92 Å². The Hall–Kier alpha value is -0.820. The second-order valence-electron chi connectivity index (χ2n) is 9.92. The summed E-state index contributed by atoms with van der Waals surface area (Å²) in [4.78, 5) is 14.9. The minimum absolute atomic E-state index is 0.138. The summed E-state index contributed by atoms with van der Waals surface area (Å²) in [5.74, 6) is 0.374. The van der Waals surface area contributed by atoms with Gasteiger partial charge in [-0.25, -0.2) is 4.79 Å². The second-order valence-corrected chi connectivity index (χ2v) is 11.5. The van der Waals surface area contributed by atoms with E-state index in [4.69, 9.17) is 8.92 Å². The van der Waals surface area contributed by atoms with Gasteiger partial charge in [0.1, 0.15) is 5.60 Å². The zero-order valence-electron chi connectivity index (χ0n) is 19.0. The second kappa shape index (κ2) is 9.99. The molecule has 2 aliphatic rings. The number of carbonyl (C=O) groups is 1. The highest BCUT2D eigenvalue weighted by Gasteiger charge is 2.50. The van der Waals surface area contributed by atoms with Crippen LogP contribution in [0.1, 0.15) is 98.3 Å². The van der Waals surface area contributed by atoms with Crippen LogP contribution in [0.3, 0.4) is 0 Å². The number of hydrogen-bond acceptors (Lipinski definition) is 5. The molecule has 1 aliphatic heterocycles. The first-order valence-corrected chi connectivity index (χ1v) is 13.2. The van der Waals surface area contributed by atoms with Crippen LogP contribution in [0.2, 0.25) is 0 Å². The monoisotopic (exact) mass is 431 g/mol. The molecule has 0 unspecified atom stereocenters. The van der Waals surface area contributed by atoms with Gasteiger partial charge in [-0.3, -0.25) is 4.18 Å². The van der Waals surface area contributed by atoms with Gasteiger partial charge in [0.2, 0.25) is 0 Å². The minimum atomic E-state index is -3.46. The molecule has 7 heteroatoms. The number of amides is 1. The average Bonchev–Trinajstić information content (AvgIpc) is 3.00. The molecule has 2 fully saturated rings. The van der Waals surface area contributed by atoms with Crippen LogP contribution >= 0.6 is 0 Å². The first-order chi connectivity index (χ1) is 13.5. The lowest BCUT2D eigenvalue weighted by Gasteiger charge is -2.48. The lowest BCUT2D eigenvalue weighted by Crippen LogP contribution is -2.55. The van der Waals surface area contributed by atoms with Crippen LogP contribution in [0, 0.1) is 5.92 Å². The number of likely N-dealkylation sites (tertiary alicyclic amines) is 1. The van der Waals surface area contributed by atoms with Crippen molar-refractivity contribution in [1.82, 2.24) is 4.90 Å². The van der Waals surface area contributed by atoms with E-state index in [0.717, 1.165) is 77.0 Å². The molecule has 1 heterocycles. The summed E-state index contributed by atoms with van der Waals surface area (Å²) in [6.07, 6.45) is 11.5. The maximum atomic E-state index is 12.9. The number of hydrogen-bond donors (Lipinski definition) is 0. The lowest BCUT2D eigenvalue weighted by atomic mass is 9.69. The molecule has 6 nitrogen and oxygen atoms in total. The number of nitrogens with zero attached hydrogens (tertiary/aromatic N) is 1. The summed E-state index contributed by atoms with van der Waals surface area (Å²) in [5, 5.41) is 0. The first-order valence-electron chi connectivity index (χ1n) is 11.4. The van der Waals surface area contributed by atoms with Gasteiger partial charge in [0.25, 0.3) is 10.1 Å². The zero-order valence-corrected chi connectivity index (χ0v) is 19.9. The van der Waals surface area contributed by atoms with Crippen molar-refractivity contribution < 1.29 is 22.1 Å². The Balaban J connectivity index is 2.11. The summed E-state index contributed by atoms with van der Waals surface area (Å²) in [6, 6.07) is 0. The number of unbranched alkanes of at least 4 members (excludes halogenated alkanes) is 1. The molecule has 1 saturated heterocycles. The van der Waals surface area contributed by atoms with E-state index in [1.807, 2.05) is 25.7 Å². The molecule has 1 saturated carbocycles. The molecular weight excluding hydrogens is 390 g/mol. The Morgan fingerprint density at radius 2 is 1.86 bits per heavy atom. The summed E-state index contributed by atoms with van der Waals surface area (Å²) in [6.45, 7) is 8.59. The van der Waals surface area contributed by atoms with Gasteiger partial charge >= 0.3 is 6.09 Å². The standard InChI is InChI=1S/C22H41NO5S/c1-6-7-12-19(28-29(5,25)26)14-13-18-11-8-9-15-22(18)16-10-17-23(22)20(24)27-21(2,3)4/h18-19H,6-17H2,1-5H3/t18-,19-,22-/m0/s1. The maximum Gasteiger partial charge on any atom is 0.410 e. The largest absolute Gasteiger partial charge is 0.444 e. The van der Waals surface area contributed by atoms with Gasteiger partial charge in [-0.05, 0) is 71.6 Å². The Morgan fingerprint density at radius 3 is 2.48 bits per heavy atom. The maximum absolute atomic E-state index is 12.9. The Labute approximate surface area is 177 Å².